The molecule has 0 unspecified atom stereocenters. The summed E-state index contributed by atoms with van der Waals surface area (Å²) in [6.45, 7) is 6.19. The number of thiazole rings is 1. The molecule has 1 aromatic heterocycles. The van der Waals surface area contributed by atoms with E-state index in [-0.39, 0.29) is 10.0 Å². The first-order chi connectivity index (χ1) is 8.45. The molecule has 0 saturated heterocycles. The second-order valence-corrected chi connectivity index (χ2v) is 5.59. The highest BCUT2D eigenvalue weighted by atomic mass is 35.5. The monoisotopic (exact) mass is 292 g/mol. The van der Waals surface area contributed by atoms with Crippen molar-refractivity contribution < 1.29 is 14.6 Å². The van der Waals surface area contributed by atoms with Crippen LogP contribution in [0.3, 0.4) is 0 Å². The maximum Gasteiger partial charge on any atom is 0.349 e. The first kappa shape index (κ1) is 15.2. The standard InChI is InChI=1S/C11H17ClN2O3S/c1-7(2)6-14(4-5-17-3)11-13-9(12)8(18-11)10(15)16/h7H,4-6H2,1-3H3,(H,15,16). The van der Waals surface area contributed by atoms with Crippen LogP contribution < -0.4 is 4.90 Å². The molecule has 0 radical (unpaired) electrons. The van der Waals surface area contributed by atoms with Gasteiger partial charge in [-0.05, 0) is 5.92 Å². The number of aromatic nitrogens is 1. The molecule has 0 fully saturated rings. The molecule has 1 rings (SSSR count). The number of rotatable bonds is 7. The third-order valence-corrected chi connectivity index (χ3v) is 3.68. The van der Waals surface area contributed by atoms with E-state index in [2.05, 4.69) is 18.8 Å². The molecule has 0 saturated carbocycles. The number of anilines is 1. The number of ether oxygens (including phenoxy) is 1. The van der Waals surface area contributed by atoms with Gasteiger partial charge in [-0.1, -0.05) is 36.8 Å². The van der Waals surface area contributed by atoms with E-state index in [0.717, 1.165) is 17.9 Å². The minimum Gasteiger partial charge on any atom is -0.477 e. The lowest BCUT2D eigenvalue weighted by Gasteiger charge is -2.23. The molecule has 0 atom stereocenters. The van der Waals surface area contributed by atoms with Crippen molar-refractivity contribution in [1.29, 1.82) is 0 Å². The zero-order valence-electron chi connectivity index (χ0n) is 10.6. The van der Waals surface area contributed by atoms with Gasteiger partial charge in [0.1, 0.15) is 0 Å². The fourth-order valence-corrected chi connectivity index (χ4v) is 2.62. The van der Waals surface area contributed by atoms with E-state index >= 15 is 0 Å². The SMILES string of the molecule is COCCN(CC(C)C)c1nc(Cl)c(C(=O)O)s1. The summed E-state index contributed by atoms with van der Waals surface area (Å²) in [5.41, 5.74) is 0. The van der Waals surface area contributed by atoms with Gasteiger partial charge >= 0.3 is 5.97 Å². The van der Waals surface area contributed by atoms with Crippen LogP contribution in [0.25, 0.3) is 0 Å². The molecule has 0 aliphatic heterocycles. The third-order valence-electron chi connectivity index (χ3n) is 2.19. The van der Waals surface area contributed by atoms with Crippen molar-refractivity contribution in [2.24, 2.45) is 5.92 Å². The second kappa shape index (κ2) is 6.92. The predicted octanol–water partition coefficient (Wildman–Crippen LogP) is 2.60. The highest BCUT2D eigenvalue weighted by Crippen LogP contribution is 2.30. The normalized spacial score (nSPS) is 10.9. The van der Waals surface area contributed by atoms with E-state index < -0.39 is 5.97 Å². The Hall–Kier alpha value is -0.850. The number of aromatic carboxylic acids is 1. The lowest BCUT2D eigenvalue weighted by molar-refractivity contribution is 0.0702. The van der Waals surface area contributed by atoms with E-state index in [1.807, 2.05) is 4.90 Å². The molecular weight excluding hydrogens is 276 g/mol. The van der Waals surface area contributed by atoms with Gasteiger partial charge in [0.2, 0.25) is 0 Å². The van der Waals surface area contributed by atoms with E-state index in [0.29, 0.717) is 24.2 Å². The maximum absolute atomic E-state index is 10.9. The molecule has 0 spiro atoms. The Morgan fingerprint density at radius 2 is 2.28 bits per heavy atom. The number of carbonyl (C=O) groups is 1. The molecule has 0 aliphatic carbocycles. The van der Waals surface area contributed by atoms with Crippen molar-refractivity contribution in [3.8, 4) is 0 Å². The number of hydrogen-bond donors (Lipinski definition) is 1. The summed E-state index contributed by atoms with van der Waals surface area (Å²) in [6, 6.07) is 0. The summed E-state index contributed by atoms with van der Waals surface area (Å²) in [4.78, 5) is 17.1. The second-order valence-electron chi connectivity index (χ2n) is 4.25. The average molecular weight is 293 g/mol. The van der Waals surface area contributed by atoms with Gasteiger partial charge in [-0.3, -0.25) is 0 Å². The van der Waals surface area contributed by atoms with Gasteiger partial charge in [0.05, 0.1) is 6.61 Å². The van der Waals surface area contributed by atoms with Gasteiger partial charge in [0.15, 0.2) is 15.2 Å². The molecule has 0 bridgehead atoms. The third kappa shape index (κ3) is 4.12. The zero-order chi connectivity index (χ0) is 13.7. The number of nitrogens with zero attached hydrogens (tertiary/aromatic N) is 2. The van der Waals surface area contributed by atoms with Gasteiger partial charge in [0, 0.05) is 20.2 Å². The average Bonchev–Trinajstić information content (AvgIpc) is 2.66. The minimum atomic E-state index is -1.04. The Morgan fingerprint density at radius 3 is 2.72 bits per heavy atom. The molecule has 1 N–H and O–H groups in total. The molecule has 0 aromatic carbocycles. The minimum absolute atomic E-state index is 0.0497. The quantitative estimate of drug-likeness (QED) is 0.837. The van der Waals surface area contributed by atoms with Crippen LogP contribution in [0, 0.1) is 5.92 Å². The largest absolute Gasteiger partial charge is 0.477 e. The van der Waals surface area contributed by atoms with Crippen LogP contribution in [-0.4, -0.2) is 42.9 Å². The van der Waals surface area contributed by atoms with Crippen molar-refractivity contribution in [3.63, 3.8) is 0 Å². The fraction of sp³-hybridized carbons (Fsp3) is 0.636. The van der Waals surface area contributed by atoms with E-state index in [1.54, 1.807) is 7.11 Å². The predicted molar refractivity (Wildman–Crippen MR) is 73.0 cm³/mol. The number of methoxy groups -OCH3 is 1. The van der Waals surface area contributed by atoms with Gasteiger partial charge in [0.25, 0.3) is 0 Å². The van der Waals surface area contributed by atoms with Crippen molar-refractivity contribution in [2.75, 3.05) is 31.7 Å². The van der Waals surface area contributed by atoms with Crippen LogP contribution in [0.2, 0.25) is 5.15 Å². The summed E-state index contributed by atoms with van der Waals surface area (Å²) in [5.74, 6) is -0.599. The molecule has 1 heterocycles. The Labute approximate surface area is 115 Å². The number of carboxylic acids is 1. The van der Waals surface area contributed by atoms with Gasteiger partial charge < -0.3 is 14.7 Å². The highest BCUT2D eigenvalue weighted by molar-refractivity contribution is 7.18. The molecule has 1 aromatic rings. The van der Waals surface area contributed by atoms with Crippen LogP contribution in [-0.2, 0) is 4.74 Å². The Kier molecular flexibility index (Phi) is 5.84. The molecule has 0 aliphatic rings. The van der Waals surface area contributed by atoms with Crippen LogP contribution in [0.4, 0.5) is 5.13 Å². The Balaban J connectivity index is 2.90. The Bertz CT molecular complexity index is 409. The topological polar surface area (TPSA) is 62.7 Å². The van der Waals surface area contributed by atoms with Crippen molar-refractivity contribution in [1.82, 2.24) is 4.98 Å². The van der Waals surface area contributed by atoms with E-state index in [4.69, 9.17) is 21.4 Å². The highest BCUT2D eigenvalue weighted by Gasteiger charge is 2.19. The van der Waals surface area contributed by atoms with E-state index in [9.17, 15) is 4.79 Å². The number of carboxylic acid groups (broad SMARTS) is 1. The molecular formula is C11H17ClN2O3S. The van der Waals surface area contributed by atoms with Gasteiger partial charge in [-0.15, -0.1) is 0 Å². The zero-order valence-corrected chi connectivity index (χ0v) is 12.2. The summed E-state index contributed by atoms with van der Waals surface area (Å²) in [7, 11) is 1.63. The first-order valence-electron chi connectivity index (χ1n) is 5.59. The van der Waals surface area contributed by atoms with Crippen molar-refractivity contribution >= 4 is 34.0 Å². The summed E-state index contributed by atoms with van der Waals surface area (Å²) >= 11 is 6.91. The molecule has 5 nitrogen and oxygen atoms in total. The van der Waals surface area contributed by atoms with Gasteiger partial charge in [-0.2, -0.15) is 0 Å². The van der Waals surface area contributed by atoms with Crippen LogP contribution in [0.15, 0.2) is 0 Å². The summed E-state index contributed by atoms with van der Waals surface area (Å²) < 4.78 is 5.05. The molecule has 7 heteroatoms. The summed E-state index contributed by atoms with van der Waals surface area (Å²) in [5, 5.41) is 9.64. The van der Waals surface area contributed by atoms with Crippen LogP contribution in [0.5, 0.6) is 0 Å². The lowest BCUT2D eigenvalue weighted by Crippen LogP contribution is -2.30. The Morgan fingerprint density at radius 1 is 1.61 bits per heavy atom. The van der Waals surface area contributed by atoms with Crippen molar-refractivity contribution in [3.05, 3.63) is 10.0 Å². The molecule has 102 valence electrons. The molecule has 0 amide bonds. The molecule has 18 heavy (non-hydrogen) atoms. The lowest BCUT2D eigenvalue weighted by atomic mass is 10.2. The summed E-state index contributed by atoms with van der Waals surface area (Å²) in [6.07, 6.45) is 0. The number of halogens is 1. The van der Waals surface area contributed by atoms with Crippen LogP contribution >= 0.6 is 22.9 Å². The maximum atomic E-state index is 10.9. The van der Waals surface area contributed by atoms with E-state index in [1.165, 1.54) is 0 Å². The smallest absolute Gasteiger partial charge is 0.349 e. The van der Waals surface area contributed by atoms with Gasteiger partial charge in [-0.25, -0.2) is 9.78 Å². The van der Waals surface area contributed by atoms with Crippen molar-refractivity contribution in [2.45, 2.75) is 13.8 Å². The number of hydrogen-bond acceptors (Lipinski definition) is 5. The first-order valence-corrected chi connectivity index (χ1v) is 6.78. The van der Waals surface area contributed by atoms with Crippen LogP contribution in [0.1, 0.15) is 23.5 Å². The fourth-order valence-electron chi connectivity index (χ4n) is 1.47.